The topological polar surface area (TPSA) is 66.5 Å². The first kappa shape index (κ1) is 16.9. The van der Waals surface area contributed by atoms with Crippen molar-refractivity contribution in [1.29, 1.82) is 0 Å². The highest BCUT2D eigenvalue weighted by atomic mass is 35.5. The van der Waals surface area contributed by atoms with Crippen molar-refractivity contribution in [2.75, 3.05) is 25.3 Å². The van der Waals surface area contributed by atoms with Gasteiger partial charge in [-0.15, -0.1) is 11.6 Å². The Balaban J connectivity index is 2.66. The summed E-state index contributed by atoms with van der Waals surface area (Å²) in [5.41, 5.74) is 0.582. The van der Waals surface area contributed by atoms with Gasteiger partial charge < -0.3 is 5.32 Å². The maximum atomic E-state index is 11.9. The molecule has 1 aromatic carbocycles. The van der Waals surface area contributed by atoms with Gasteiger partial charge in [-0.1, -0.05) is 0 Å². The Kier molecular flexibility index (Phi) is 6.45. The summed E-state index contributed by atoms with van der Waals surface area (Å²) < 4.78 is 24.9. The fourth-order valence-electron chi connectivity index (χ4n) is 1.52. The average Bonchev–Trinajstić information content (AvgIpc) is 2.39. The van der Waals surface area contributed by atoms with E-state index in [1.54, 1.807) is 12.1 Å². The first-order valence-corrected chi connectivity index (χ1v) is 8.24. The Morgan fingerprint density at radius 2 is 1.80 bits per heavy atom. The van der Waals surface area contributed by atoms with Crippen LogP contribution >= 0.6 is 11.6 Å². The SMILES string of the molecule is CN(C)S(=O)(=O)c1ccc(NC(=O)CCCCCl)cc1. The number of unbranched alkanes of at least 4 members (excludes halogenated alkanes) is 1. The lowest BCUT2D eigenvalue weighted by Gasteiger charge is -2.12. The largest absolute Gasteiger partial charge is 0.326 e. The van der Waals surface area contributed by atoms with Crippen LogP contribution in [-0.2, 0) is 14.8 Å². The van der Waals surface area contributed by atoms with Crippen molar-refractivity contribution in [2.45, 2.75) is 24.2 Å². The minimum absolute atomic E-state index is 0.0988. The zero-order chi connectivity index (χ0) is 15.2. The number of nitrogens with zero attached hydrogens (tertiary/aromatic N) is 1. The molecule has 0 unspecified atom stereocenters. The van der Waals surface area contributed by atoms with Gasteiger partial charge in [0, 0.05) is 32.1 Å². The van der Waals surface area contributed by atoms with Gasteiger partial charge in [-0.2, -0.15) is 0 Å². The third-order valence-corrected chi connectivity index (χ3v) is 4.80. The minimum Gasteiger partial charge on any atom is -0.326 e. The number of rotatable bonds is 7. The molecule has 0 saturated heterocycles. The van der Waals surface area contributed by atoms with E-state index < -0.39 is 10.0 Å². The second kappa shape index (κ2) is 7.61. The van der Waals surface area contributed by atoms with E-state index in [2.05, 4.69) is 5.32 Å². The standard InChI is InChI=1S/C13H19ClN2O3S/c1-16(2)20(18,19)12-8-6-11(7-9-12)15-13(17)5-3-4-10-14/h6-9H,3-5,10H2,1-2H3,(H,15,17). The summed E-state index contributed by atoms with van der Waals surface area (Å²) in [6.07, 6.45) is 1.95. The number of sulfonamides is 1. The molecule has 0 aliphatic heterocycles. The van der Waals surface area contributed by atoms with Gasteiger partial charge in [0.15, 0.2) is 0 Å². The van der Waals surface area contributed by atoms with Crippen LogP contribution < -0.4 is 5.32 Å². The lowest BCUT2D eigenvalue weighted by molar-refractivity contribution is -0.116. The summed E-state index contributed by atoms with van der Waals surface area (Å²) in [4.78, 5) is 11.8. The van der Waals surface area contributed by atoms with E-state index in [1.165, 1.54) is 26.2 Å². The van der Waals surface area contributed by atoms with Crippen LogP contribution in [0, 0.1) is 0 Å². The monoisotopic (exact) mass is 318 g/mol. The summed E-state index contributed by atoms with van der Waals surface area (Å²) in [5.74, 6) is 0.447. The molecule has 20 heavy (non-hydrogen) atoms. The van der Waals surface area contributed by atoms with Crippen LogP contribution in [-0.4, -0.2) is 38.6 Å². The Bertz CT molecular complexity index is 541. The normalized spacial score (nSPS) is 11.6. The fraction of sp³-hybridized carbons (Fsp3) is 0.462. The van der Waals surface area contributed by atoms with Crippen LogP contribution in [0.4, 0.5) is 5.69 Å². The van der Waals surface area contributed by atoms with E-state index in [0.717, 1.165) is 17.1 Å². The number of hydrogen-bond donors (Lipinski definition) is 1. The molecule has 1 amide bonds. The Labute approximate surface area is 125 Å². The highest BCUT2D eigenvalue weighted by molar-refractivity contribution is 7.89. The predicted molar refractivity (Wildman–Crippen MR) is 80.5 cm³/mol. The highest BCUT2D eigenvalue weighted by Gasteiger charge is 2.16. The van der Waals surface area contributed by atoms with E-state index in [0.29, 0.717) is 18.0 Å². The number of anilines is 1. The van der Waals surface area contributed by atoms with Crippen LogP contribution in [0.5, 0.6) is 0 Å². The number of halogens is 1. The molecule has 0 aliphatic carbocycles. The van der Waals surface area contributed by atoms with Crippen molar-refractivity contribution >= 4 is 33.2 Å². The zero-order valence-electron chi connectivity index (χ0n) is 11.6. The first-order chi connectivity index (χ1) is 9.37. The second-order valence-corrected chi connectivity index (χ2v) is 7.04. The quantitative estimate of drug-likeness (QED) is 0.619. The number of carbonyl (C=O) groups is 1. The number of hydrogen-bond acceptors (Lipinski definition) is 3. The highest BCUT2D eigenvalue weighted by Crippen LogP contribution is 2.16. The molecule has 0 aromatic heterocycles. The third-order valence-electron chi connectivity index (χ3n) is 2.70. The van der Waals surface area contributed by atoms with Gasteiger partial charge in [-0.25, -0.2) is 12.7 Å². The molecule has 1 aromatic rings. The van der Waals surface area contributed by atoms with Crippen molar-refractivity contribution in [3.8, 4) is 0 Å². The van der Waals surface area contributed by atoms with Gasteiger partial charge in [0.25, 0.3) is 0 Å². The molecule has 0 saturated carbocycles. The third kappa shape index (κ3) is 4.77. The summed E-state index contributed by atoms with van der Waals surface area (Å²) in [5, 5.41) is 2.72. The molecule has 0 bridgehead atoms. The van der Waals surface area contributed by atoms with E-state index in [-0.39, 0.29) is 10.8 Å². The van der Waals surface area contributed by atoms with E-state index >= 15 is 0 Å². The lowest BCUT2D eigenvalue weighted by Crippen LogP contribution is -2.22. The number of benzene rings is 1. The van der Waals surface area contributed by atoms with Crippen molar-refractivity contribution in [2.24, 2.45) is 0 Å². The second-order valence-electron chi connectivity index (χ2n) is 4.51. The van der Waals surface area contributed by atoms with Crippen LogP contribution in [0.2, 0.25) is 0 Å². The van der Waals surface area contributed by atoms with Crippen molar-refractivity contribution in [3.63, 3.8) is 0 Å². The van der Waals surface area contributed by atoms with Gasteiger partial charge in [-0.3, -0.25) is 4.79 Å². The Morgan fingerprint density at radius 1 is 1.20 bits per heavy atom. The van der Waals surface area contributed by atoms with Gasteiger partial charge in [0.1, 0.15) is 0 Å². The average molecular weight is 319 g/mol. The Morgan fingerprint density at radius 3 is 2.30 bits per heavy atom. The van der Waals surface area contributed by atoms with Gasteiger partial charge >= 0.3 is 0 Å². The van der Waals surface area contributed by atoms with Crippen LogP contribution in [0.3, 0.4) is 0 Å². The van der Waals surface area contributed by atoms with Gasteiger partial charge in [0.05, 0.1) is 4.90 Å². The molecule has 7 heteroatoms. The van der Waals surface area contributed by atoms with Crippen LogP contribution in [0.15, 0.2) is 29.2 Å². The number of alkyl halides is 1. The molecule has 1 rings (SSSR count). The van der Waals surface area contributed by atoms with Crippen LogP contribution in [0.25, 0.3) is 0 Å². The Hall–Kier alpha value is -1.11. The molecule has 0 atom stereocenters. The molecule has 1 N–H and O–H groups in total. The van der Waals surface area contributed by atoms with Gasteiger partial charge in [-0.05, 0) is 37.1 Å². The smallest absolute Gasteiger partial charge is 0.242 e. The summed E-state index contributed by atoms with van der Waals surface area (Å²) in [6.45, 7) is 0. The molecular weight excluding hydrogens is 300 g/mol. The molecule has 0 radical (unpaired) electrons. The maximum Gasteiger partial charge on any atom is 0.242 e. The number of nitrogens with one attached hydrogen (secondary N) is 1. The summed E-state index contributed by atoms with van der Waals surface area (Å²) in [6, 6.07) is 6.11. The van der Waals surface area contributed by atoms with Crippen molar-refractivity contribution in [1.82, 2.24) is 4.31 Å². The molecule has 0 aliphatic rings. The maximum absolute atomic E-state index is 11.9. The summed E-state index contributed by atoms with van der Waals surface area (Å²) >= 11 is 5.54. The van der Waals surface area contributed by atoms with E-state index in [4.69, 9.17) is 11.6 Å². The molecule has 112 valence electrons. The van der Waals surface area contributed by atoms with Crippen LogP contribution in [0.1, 0.15) is 19.3 Å². The zero-order valence-corrected chi connectivity index (χ0v) is 13.2. The molecule has 0 fully saturated rings. The lowest BCUT2D eigenvalue weighted by atomic mass is 10.2. The molecule has 0 heterocycles. The molecular formula is C13H19ClN2O3S. The molecule has 5 nitrogen and oxygen atoms in total. The molecule has 0 spiro atoms. The van der Waals surface area contributed by atoms with Crippen molar-refractivity contribution < 1.29 is 13.2 Å². The van der Waals surface area contributed by atoms with E-state index in [1.807, 2.05) is 0 Å². The minimum atomic E-state index is -3.43. The summed E-state index contributed by atoms with van der Waals surface area (Å²) in [7, 11) is -0.486. The van der Waals surface area contributed by atoms with Gasteiger partial charge in [0.2, 0.25) is 15.9 Å². The number of carbonyl (C=O) groups excluding carboxylic acids is 1. The van der Waals surface area contributed by atoms with Crippen molar-refractivity contribution in [3.05, 3.63) is 24.3 Å². The van der Waals surface area contributed by atoms with E-state index in [9.17, 15) is 13.2 Å². The predicted octanol–water partition coefficient (Wildman–Crippen LogP) is 2.28. The fourth-order valence-corrected chi connectivity index (χ4v) is 2.62. The first-order valence-electron chi connectivity index (χ1n) is 6.26. The number of amides is 1.